The van der Waals surface area contributed by atoms with Gasteiger partial charge in [0.25, 0.3) is 0 Å². The van der Waals surface area contributed by atoms with E-state index in [1.807, 2.05) is 25.7 Å². The van der Waals surface area contributed by atoms with Gasteiger partial charge < -0.3 is 15.1 Å². The highest BCUT2D eigenvalue weighted by Crippen LogP contribution is 2.30. The van der Waals surface area contributed by atoms with Gasteiger partial charge in [-0.3, -0.25) is 9.79 Å². The number of halogens is 2. The summed E-state index contributed by atoms with van der Waals surface area (Å²) in [6, 6.07) is 4.50. The number of piperazine rings is 1. The van der Waals surface area contributed by atoms with Crippen LogP contribution < -0.4 is 5.32 Å². The smallest absolute Gasteiger partial charge is 0.219 e. The summed E-state index contributed by atoms with van der Waals surface area (Å²) in [5.74, 6) is 0.607. The molecule has 1 saturated heterocycles. The molecule has 1 aromatic carbocycles. The SMILES string of the molecule is CCNC(=NCC(C)(C)c1ccc(F)cc1Cl)N1CCN(C(C)=O)CC1. The van der Waals surface area contributed by atoms with Gasteiger partial charge in [0.05, 0.1) is 6.54 Å². The number of hydrogen-bond acceptors (Lipinski definition) is 2. The van der Waals surface area contributed by atoms with Crippen LogP contribution >= 0.6 is 11.6 Å². The molecule has 1 N–H and O–H groups in total. The summed E-state index contributed by atoms with van der Waals surface area (Å²) in [4.78, 5) is 20.3. The number of guanidine groups is 1. The molecule has 1 fully saturated rings. The third-order valence-corrected chi connectivity index (χ3v) is 4.96. The van der Waals surface area contributed by atoms with Gasteiger partial charge in [-0.1, -0.05) is 31.5 Å². The first-order valence-electron chi connectivity index (χ1n) is 8.99. The fourth-order valence-corrected chi connectivity index (χ4v) is 3.48. The molecule has 1 aliphatic heterocycles. The molecule has 0 aliphatic carbocycles. The zero-order chi connectivity index (χ0) is 19.3. The van der Waals surface area contributed by atoms with E-state index < -0.39 is 0 Å². The number of rotatable bonds is 4. The average Bonchev–Trinajstić information content (AvgIpc) is 2.58. The third kappa shape index (κ3) is 5.10. The fourth-order valence-electron chi connectivity index (χ4n) is 3.06. The van der Waals surface area contributed by atoms with Crippen molar-refractivity contribution in [1.29, 1.82) is 0 Å². The molecule has 0 spiro atoms. The highest BCUT2D eigenvalue weighted by molar-refractivity contribution is 6.31. The molecule has 0 aromatic heterocycles. The van der Waals surface area contributed by atoms with E-state index in [1.54, 1.807) is 13.0 Å². The van der Waals surface area contributed by atoms with Gasteiger partial charge in [0.2, 0.25) is 5.91 Å². The van der Waals surface area contributed by atoms with Crippen molar-refractivity contribution in [2.24, 2.45) is 4.99 Å². The summed E-state index contributed by atoms with van der Waals surface area (Å²) in [6.45, 7) is 11.9. The van der Waals surface area contributed by atoms with E-state index in [0.717, 1.165) is 31.2 Å². The average molecular weight is 383 g/mol. The van der Waals surface area contributed by atoms with Gasteiger partial charge in [0.15, 0.2) is 5.96 Å². The van der Waals surface area contributed by atoms with E-state index >= 15 is 0 Å². The normalized spacial score (nSPS) is 16.0. The van der Waals surface area contributed by atoms with Gasteiger partial charge in [0.1, 0.15) is 5.82 Å². The highest BCUT2D eigenvalue weighted by atomic mass is 35.5. The molecule has 144 valence electrons. The monoisotopic (exact) mass is 382 g/mol. The molecule has 1 amide bonds. The lowest BCUT2D eigenvalue weighted by atomic mass is 9.84. The molecule has 0 unspecified atom stereocenters. The lowest BCUT2D eigenvalue weighted by molar-refractivity contribution is -0.130. The maximum Gasteiger partial charge on any atom is 0.219 e. The Hall–Kier alpha value is -1.82. The maximum absolute atomic E-state index is 13.3. The first-order chi connectivity index (χ1) is 12.2. The molecule has 1 heterocycles. The van der Waals surface area contributed by atoms with E-state index in [0.29, 0.717) is 24.7 Å². The Morgan fingerprint density at radius 1 is 1.27 bits per heavy atom. The van der Waals surface area contributed by atoms with Crippen LogP contribution in [0.3, 0.4) is 0 Å². The van der Waals surface area contributed by atoms with Crippen molar-refractivity contribution in [1.82, 2.24) is 15.1 Å². The Morgan fingerprint density at radius 2 is 1.88 bits per heavy atom. The van der Waals surface area contributed by atoms with Gasteiger partial charge in [-0.25, -0.2) is 4.39 Å². The van der Waals surface area contributed by atoms with Crippen LogP contribution in [0.5, 0.6) is 0 Å². The number of hydrogen-bond donors (Lipinski definition) is 1. The molecule has 7 heteroatoms. The molecule has 0 bridgehead atoms. The second-order valence-electron chi connectivity index (χ2n) is 7.17. The molecule has 0 radical (unpaired) electrons. The van der Waals surface area contributed by atoms with E-state index in [-0.39, 0.29) is 17.1 Å². The summed E-state index contributed by atoms with van der Waals surface area (Å²) >= 11 is 6.23. The Bertz CT molecular complexity index is 670. The number of benzene rings is 1. The fraction of sp³-hybridized carbons (Fsp3) is 0.579. The molecule has 26 heavy (non-hydrogen) atoms. The summed E-state index contributed by atoms with van der Waals surface area (Å²) < 4.78 is 13.3. The second kappa shape index (κ2) is 8.71. The van der Waals surface area contributed by atoms with Gasteiger partial charge >= 0.3 is 0 Å². The molecule has 1 aromatic rings. The number of nitrogens with zero attached hydrogens (tertiary/aromatic N) is 3. The van der Waals surface area contributed by atoms with Crippen molar-refractivity contribution in [2.45, 2.75) is 33.1 Å². The zero-order valence-corrected chi connectivity index (χ0v) is 16.7. The lowest BCUT2D eigenvalue weighted by Gasteiger charge is -2.36. The minimum Gasteiger partial charge on any atom is -0.357 e. The van der Waals surface area contributed by atoms with Gasteiger partial charge in [0, 0.05) is 50.1 Å². The number of nitrogens with one attached hydrogen (secondary N) is 1. The topological polar surface area (TPSA) is 47.9 Å². The number of carbonyl (C=O) groups is 1. The molecule has 0 atom stereocenters. The van der Waals surface area contributed by atoms with Crippen molar-refractivity contribution in [3.63, 3.8) is 0 Å². The van der Waals surface area contributed by atoms with E-state index in [1.165, 1.54) is 12.1 Å². The van der Waals surface area contributed by atoms with Crippen molar-refractivity contribution in [3.8, 4) is 0 Å². The van der Waals surface area contributed by atoms with Gasteiger partial charge in [-0.15, -0.1) is 0 Å². The van der Waals surface area contributed by atoms with Gasteiger partial charge in [-0.05, 0) is 24.6 Å². The number of aliphatic imine (C=N–C) groups is 1. The van der Waals surface area contributed by atoms with Crippen LogP contribution in [0.25, 0.3) is 0 Å². The summed E-state index contributed by atoms with van der Waals surface area (Å²) in [6.07, 6.45) is 0. The Balaban J connectivity index is 2.11. The Labute approximate surface area is 160 Å². The molecular weight excluding hydrogens is 355 g/mol. The van der Waals surface area contributed by atoms with Crippen LogP contribution in [-0.2, 0) is 10.2 Å². The van der Waals surface area contributed by atoms with Crippen LogP contribution in [0.2, 0.25) is 5.02 Å². The Morgan fingerprint density at radius 3 is 2.42 bits per heavy atom. The van der Waals surface area contributed by atoms with Crippen molar-refractivity contribution < 1.29 is 9.18 Å². The predicted octanol–water partition coefficient (Wildman–Crippen LogP) is 2.89. The molecule has 2 rings (SSSR count). The van der Waals surface area contributed by atoms with Crippen LogP contribution in [0.15, 0.2) is 23.2 Å². The zero-order valence-electron chi connectivity index (χ0n) is 16.0. The lowest BCUT2D eigenvalue weighted by Crippen LogP contribution is -2.53. The van der Waals surface area contributed by atoms with Crippen LogP contribution in [0.1, 0.15) is 33.3 Å². The molecule has 0 saturated carbocycles. The molecular formula is C19H28ClFN4O. The minimum absolute atomic E-state index is 0.110. The number of carbonyl (C=O) groups excluding carboxylic acids is 1. The number of amides is 1. The van der Waals surface area contributed by atoms with E-state index in [2.05, 4.69) is 10.2 Å². The first-order valence-corrected chi connectivity index (χ1v) is 9.36. The first kappa shape index (κ1) is 20.5. The van der Waals surface area contributed by atoms with E-state index in [9.17, 15) is 9.18 Å². The standard InChI is InChI=1S/C19H28ClFN4O/c1-5-22-18(25-10-8-24(9-11-25)14(2)26)23-13-19(3,4)16-7-6-15(21)12-17(16)20/h6-7,12H,5,8-11,13H2,1-4H3,(H,22,23). The molecule has 5 nitrogen and oxygen atoms in total. The highest BCUT2D eigenvalue weighted by Gasteiger charge is 2.25. The minimum atomic E-state index is -0.338. The summed E-state index contributed by atoms with van der Waals surface area (Å²) in [7, 11) is 0. The summed E-state index contributed by atoms with van der Waals surface area (Å²) in [5.41, 5.74) is 0.550. The van der Waals surface area contributed by atoms with Crippen molar-refractivity contribution in [2.75, 3.05) is 39.3 Å². The predicted molar refractivity (Wildman–Crippen MR) is 104 cm³/mol. The summed E-state index contributed by atoms with van der Waals surface area (Å²) in [5, 5.41) is 3.75. The van der Waals surface area contributed by atoms with Crippen molar-refractivity contribution >= 4 is 23.5 Å². The third-order valence-electron chi connectivity index (χ3n) is 4.64. The van der Waals surface area contributed by atoms with Gasteiger partial charge in [-0.2, -0.15) is 0 Å². The Kier molecular flexibility index (Phi) is 6.87. The quantitative estimate of drug-likeness (QED) is 0.643. The van der Waals surface area contributed by atoms with Crippen molar-refractivity contribution in [3.05, 3.63) is 34.6 Å². The van der Waals surface area contributed by atoms with E-state index in [4.69, 9.17) is 16.6 Å². The largest absolute Gasteiger partial charge is 0.357 e. The second-order valence-corrected chi connectivity index (χ2v) is 7.58. The maximum atomic E-state index is 13.3. The van der Waals surface area contributed by atoms with Crippen LogP contribution in [0, 0.1) is 5.82 Å². The van der Waals surface area contributed by atoms with Crippen LogP contribution in [0.4, 0.5) is 4.39 Å². The molecule has 1 aliphatic rings. The van der Waals surface area contributed by atoms with Crippen LogP contribution in [-0.4, -0.2) is 60.9 Å².